The SMILES string of the molecule is CC(CN)CCC(=O)NCCCCO. The van der Waals surface area contributed by atoms with Crippen molar-refractivity contribution in [2.24, 2.45) is 11.7 Å². The summed E-state index contributed by atoms with van der Waals surface area (Å²) in [6.07, 6.45) is 2.99. The van der Waals surface area contributed by atoms with E-state index in [-0.39, 0.29) is 12.5 Å². The molecule has 0 heterocycles. The summed E-state index contributed by atoms with van der Waals surface area (Å²) in [5.74, 6) is 0.501. The number of carbonyl (C=O) groups excluding carboxylic acids is 1. The number of rotatable bonds is 8. The molecule has 0 aliphatic rings. The molecule has 0 saturated carbocycles. The van der Waals surface area contributed by atoms with Crippen LogP contribution in [0.1, 0.15) is 32.6 Å². The van der Waals surface area contributed by atoms with Gasteiger partial charge in [-0.1, -0.05) is 6.92 Å². The van der Waals surface area contributed by atoms with Gasteiger partial charge in [-0.3, -0.25) is 4.79 Å². The molecular weight excluding hydrogens is 180 g/mol. The van der Waals surface area contributed by atoms with Crippen molar-refractivity contribution in [2.75, 3.05) is 19.7 Å². The molecule has 1 unspecified atom stereocenters. The highest BCUT2D eigenvalue weighted by molar-refractivity contribution is 5.75. The van der Waals surface area contributed by atoms with Crippen molar-refractivity contribution in [3.05, 3.63) is 0 Å². The first-order valence-electron chi connectivity index (χ1n) is 5.28. The van der Waals surface area contributed by atoms with E-state index in [9.17, 15) is 4.79 Å². The third-order valence-electron chi connectivity index (χ3n) is 2.17. The van der Waals surface area contributed by atoms with Crippen molar-refractivity contribution < 1.29 is 9.90 Å². The number of aliphatic hydroxyl groups is 1. The first-order valence-corrected chi connectivity index (χ1v) is 5.28. The van der Waals surface area contributed by atoms with Gasteiger partial charge in [0.2, 0.25) is 5.91 Å². The van der Waals surface area contributed by atoms with E-state index in [4.69, 9.17) is 10.8 Å². The molecule has 0 radical (unpaired) electrons. The van der Waals surface area contributed by atoms with Crippen molar-refractivity contribution in [1.82, 2.24) is 5.32 Å². The highest BCUT2D eigenvalue weighted by Gasteiger charge is 2.04. The summed E-state index contributed by atoms with van der Waals surface area (Å²) < 4.78 is 0. The Bertz CT molecular complexity index is 151. The Morgan fingerprint density at radius 1 is 1.50 bits per heavy atom. The highest BCUT2D eigenvalue weighted by atomic mass is 16.2. The molecule has 1 amide bonds. The molecule has 0 aromatic heterocycles. The van der Waals surface area contributed by atoms with E-state index in [1.165, 1.54) is 0 Å². The minimum absolute atomic E-state index is 0.0863. The van der Waals surface area contributed by atoms with Gasteiger partial charge in [-0.15, -0.1) is 0 Å². The number of hydrogen-bond acceptors (Lipinski definition) is 3. The van der Waals surface area contributed by atoms with Gasteiger partial charge in [0.15, 0.2) is 0 Å². The standard InChI is InChI=1S/C10H22N2O2/c1-9(8-11)4-5-10(14)12-6-2-3-7-13/h9,13H,2-8,11H2,1H3,(H,12,14). The van der Waals surface area contributed by atoms with Crippen LogP contribution in [0.25, 0.3) is 0 Å². The van der Waals surface area contributed by atoms with Crippen molar-refractivity contribution in [3.8, 4) is 0 Å². The van der Waals surface area contributed by atoms with Gasteiger partial charge < -0.3 is 16.2 Å². The molecule has 14 heavy (non-hydrogen) atoms. The van der Waals surface area contributed by atoms with E-state index in [2.05, 4.69) is 5.32 Å². The predicted molar refractivity (Wildman–Crippen MR) is 56.8 cm³/mol. The lowest BCUT2D eigenvalue weighted by molar-refractivity contribution is -0.121. The van der Waals surface area contributed by atoms with Gasteiger partial charge in [-0.05, 0) is 31.7 Å². The van der Waals surface area contributed by atoms with E-state index in [0.717, 1.165) is 19.3 Å². The Kier molecular flexibility index (Phi) is 8.57. The quantitative estimate of drug-likeness (QED) is 0.494. The third kappa shape index (κ3) is 8.01. The fraction of sp³-hybridized carbons (Fsp3) is 0.900. The Morgan fingerprint density at radius 2 is 2.21 bits per heavy atom. The summed E-state index contributed by atoms with van der Waals surface area (Å²) >= 11 is 0. The number of unbranched alkanes of at least 4 members (excludes halogenated alkanes) is 1. The number of nitrogens with one attached hydrogen (secondary N) is 1. The van der Waals surface area contributed by atoms with Crippen molar-refractivity contribution in [3.63, 3.8) is 0 Å². The monoisotopic (exact) mass is 202 g/mol. The second-order valence-electron chi connectivity index (χ2n) is 3.66. The lowest BCUT2D eigenvalue weighted by atomic mass is 10.1. The van der Waals surface area contributed by atoms with E-state index in [1.54, 1.807) is 0 Å². The average molecular weight is 202 g/mol. The Morgan fingerprint density at radius 3 is 2.79 bits per heavy atom. The number of nitrogens with two attached hydrogens (primary N) is 1. The lowest BCUT2D eigenvalue weighted by Crippen LogP contribution is -2.25. The maximum Gasteiger partial charge on any atom is 0.220 e. The zero-order chi connectivity index (χ0) is 10.8. The molecule has 0 aromatic rings. The van der Waals surface area contributed by atoms with Crippen LogP contribution in [0.5, 0.6) is 0 Å². The number of aliphatic hydroxyl groups excluding tert-OH is 1. The minimum atomic E-state index is 0.0863. The first kappa shape index (κ1) is 13.4. The minimum Gasteiger partial charge on any atom is -0.396 e. The third-order valence-corrected chi connectivity index (χ3v) is 2.17. The molecule has 0 aliphatic heterocycles. The smallest absolute Gasteiger partial charge is 0.220 e. The summed E-state index contributed by atoms with van der Waals surface area (Å²) in [6.45, 7) is 3.54. The van der Waals surface area contributed by atoms with Crippen molar-refractivity contribution in [2.45, 2.75) is 32.6 Å². The zero-order valence-corrected chi connectivity index (χ0v) is 8.96. The fourth-order valence-corrected chi connectivity index (χ4v) is 1.05. The van der Waals surface area contributed by atoms with E-state index >= 15 is 0 Å². The normalized spacial score (nSPS) is 12.5. The Balaban J connectivity index is 3.28. The maximum absolute atomic E-state index is 11.2. The summed E-state index contributed by atoms with van der Waals surface area (Å²) in [6, 6.07) is 0. The largest absolute Gasteiger partial charge is 0.396 e. The van der Waals surface area contributed by atoms with Gasteiger partial charge in [0, 0.05) is 19.6 Å². The highest BCUT2D eigenvalue weighted by Crippen LogP contribution is 2.02. The van der Waals surface area contributed by atoms with Crippen LogP contribution in [-0.4, -0.2) is 30.7 Å². The summed E-state index contributed by atoms with van der Waals surface area (Å²) in [5, 5.41) is 11.3. The van der Waals surface area contributed by atoms with Crippen LogP contribution in [0.4, 0.5) is 0 Å². The summed E-state index contributed by atoms with van der Waals surface area (Å²) in [5.41, 5.74) is 5.44. The Hall–Kier alpha value is -0.610. The first-order chi connectivity index (χ1) is 6.70. The molecule has 4 N–H and O–H groups in total. The van der Waals surface area contributed by atoms with Gasteiger partial charge >= 0.3 is 0 Å². The van der Waals surface area contributed by atoms with Crippen LogP contribution in [0.2, 0.25) is 0 Å². The van der Waals surface area contributed by atoms with E-state index in [0.29, 0.717) is 25.4 Å². The molecular formula is C10H22N2O2. The number of carbonyl (C=O) groups is 1. The summed E-state index contributed by atoms with van der Waals surface area (Å²) in [4.78, 5) is 11.2. The van der Waals surface area contributed by atoms with E-state index in [1.807, 2.05) is 6.92 Å². The second kappa shape index (κ2) is 8.97. The molecule has 0 aromatic carbocycles. The lowest BCUT2D eigenvalue weighted by Gasteiger charge is -2.08. The number of amides is 1. The fourth-order valence-electron chi connectivity index (χ4n) is 1.05. The molecule has 0 fully saturated rings. The van der Waals surface area contributed by atoms with Gasteiger partial charge in [0.1, 0.15) is 0 Å². The van der Waals surface area contributed by atoms with Gasteiger partial charge in [0.05, 0.1) is 0 Å². The topological polar surface area (TPSA) is 75.4 Å². The second-order valence-corrected chi connectivity index (χ2v) is 3.66. The van der Waals surface area contributed by atoms with Crippen LogP contribution < -0.4 is 11.1 Å². The van der Waals surface area contributed by atoms with Gasteiger partial charge in [-0.2, -0.15) is 0 Å². The molecule has 84 valence electrons. The van der Waals surface area contributed by atoms with Crippen LogP contribution in [0.15, 0.2) is 0 Å². The molecule has 0 saturated heterocycles. The zero-order valence-electron chi connectivity index (χ0n) is 8.96. The van der Waals surface area contributed by atoms with Crippen LogP contribution in [0, 0.1) is 5.92 Å². The van der Waals surface area contributed by atoms with E-state index < -0.39 is 0 Å². The van der Waals surface area contributed by atoms with Crippen LogP contribution in [-0.2, 0) is 4.79 Å². The average Bonchev–Trinajstić information content (AvgIpc) is 2.21. The molecule has 0 rings (SSSR count). The predicted octanol–water partition coefficient (Wildman–Crippen LogP) is 0.250. The molecule has 0 spiro atoms. The summed E-state index contributed by atoms with van der Waals surface area (Å²) in [7, 11) is 0. The van der Waals surface area contributed by atoms with Gasteiger partial charge in [0.25, 0.3) is 0 Å². The van der Waals surface area contributed by atoms with Crippen LogP contribution in [0.3, 0.4) is 0 Å². The molecule has 4 nitrogen and oxygen atoms in total. The Labute approximate surface area is 85.9 Å². The maximum atomic E-state index is 11.2. The van der Waals surface area contributed by atoms with Crippen molar-refractivity contribution in [1.29, 1.82) is 0 Å². The van der Waals surface area contributed by atoms with Crippen molar-refractivity contribution >= 4 is 5.91 Å². The molecule has 4 heteroatoms. The van der Waals surface area contributed by atoms with Gasteiger partial charge in [-0.25, -0.2) is 0 Å². The number of hydrogen-bond donors (Lipinski definition) is 3. The molecule has 1 atom stereocenters. The van der Waals surface area contributed by atoms with Crippen LogP contribution >= 0.6 is 0 Å². The molecule has 0 bridgehead atoms. The molecule has 0 aliphatic carbocycles.